The number of fused-ring (bicyclic) bond motifs is 2. The molecule has 0 unspecified atom stereocenters. The molecule has 1 N–H and O–H groups in total. The van der Waals surface area contributed by atoms with Crippen molar-refractivity contribution >= 4 is 50.5 Å². The Bertz CT molecular complexity index is 1050. The summed E-state index contributed by atoms with van der Waals surface area (Å²) in [6, 6.07) is 9.40. The summed E-state index contributed by atoms with van der Waals surface area (Å²) in [5.74, 6) is 1.43. The number of nitrogens with one attached hydrogen (secondary N) is 1. The fourth-order valence-electron chi connectivity index (χ4n) is 2.83. The molecule has 2 aromatic rings. The van der Waals surface area contributed by atoms with Crippen LogP contribution in [0.3, 0.4) is 0 Å². The molecule has 0 saturated heterocycles. The third-order valence-electron chi connectivity index (χ3n) is 4.02. The van der Waals surface area contributed by atoms with E-state index in [1.807, 2.05) is 42.5 Å². The van der Waals surface area contributed by atoms with E-state index in [4.69, 9.17) is 9.41 Å². The maximum absolute atomic E-state index is 12.9. The molecule has 0 bridgehead atoms. The average molecular weight is 445 g/mol. The maximum Gasteiger partial charge on any atom is 0.276 e. The summed E-state index contributed by atoms with van der Waals surface area (Å²) in [6.07, 6.45) is 5.92. The predicted octanol–water partition coefficient (Wildman–Crippen LogP) is 2.67. The van der Waals surface area contributed by atoms with E-state index < -0.39 is 6.17 Å². The van der Waals surface area contributed by atoms with Crippen LogP contribution in [0.4, 0.5) is 0 Å². The van der Waals surface area contributed by atoms with Crippen LogP contribution in [0.25, 0.3) is 11.8 Å². The van der Waals surface area contributed by atoms with Crippen molar-refractivity contribution in [2.24, 2.45) is 10.1 Å². The van der Waals surface area contributed by atoms with Gasteiger partial charge in [0.1, 0.15) is 11.5 Å². The lowest BCUT2D eigenvalue weighted by atomic mass is 10.1. The molecule has 1 aromatic heterocycles. The van der Waals surface area contributed by atoms with Crippen molar-refractivity contribution in [3.63, 3.8) is 0 Å². The summed E-state index contributed by atoms with van der Waals surface area (Å²) in [5.41, 5.74) is 0.497. The minimum atomic E-state index is -0.429. The Balaban J connectivity index is 1.82. The Hall–Kier alpha value is -2.32. The van der Waals surface area contributed by atoms with E-state index >= 15 is 0 Å². The van der Waals surface area contributed by atoms with Gasteiger partial charge in [-0.2, -0.15) is 0 Å². The summed E-state index contributed by atoms with van der Waals surface area (Å²) < 4.78 is 6.25. The number of thioether (sulfide) groups is 1. The minimum absolute atomic E-state index is 0.172. The minimum Gasteiger partial charge on any atom is -0.465 e. The van der Waals surface area contributed by atoms with E-state index in [9.17, 15) is 4.79 Å². The van der Waals surface area contributed by atoms with Gasteiger partial charge >= 0.3 is 0 Å². The molecular weight excluding hydrogens is 428 g/mol. The lowest BCUT2D eigenvalue weighted by Gasteiger charge is -2.32. The van der Waals surface area contributed by atoms with Gasteiger partial charge in [-0.05, 0) is 48.9 Å². The van der Waals surface area contributed by atoms with Gasteiger partial charge in [0.25, 0.3) is 5.91 Å². The molecule has 4 rings (SSSR count). The first-order valence-corrected chi connectivity index (χ1v) is 10.3. The molecule has 27 heavy (non-hydrogen) atoms. The molecule has 1 aromatic carbocycles. The van der Waals surface area contributed by atoms with Crippen molar-refractivity contribution in [2.45, 2.75) is 19.5 Å². The smallest absolute Gasteiger partial charge is 0.276 e. The molecule has 1 atom stereocenters. The standard InChI is InChI=1S/C19H17BrN4O2S/c1-2-10-27-19-22-18(25)17-14-11-12(20)5-7-15(14)21-16(24(17)23-19)8-6-13-4-3-9-26-13/h3-9,11,16H,2,10H2,1H3,(H,22,23,25)/b8-6+/t16-/m1/s1. The zero-order valence-electron chi connectivity index (χ0n) is 14.6. The average Bonchev–Trinajstić information content (AvgIpc) is 3.18. The van der Waals surface area contributed by atoms with Gasteiger partial charge in [-0.25, -0.2) is 5.01 Å². The highest BCUT2D eigenvalue weighted by Crippen LogP contribution is 2.22. The number of hydrogen-bond acceptors (Lipinski definition) is 6. The molecule has 3 heterocycles. The van der Waals surface area contributed by atoms with Crippen molar-refractivity contribution in [2.75, 3.05) is 5.75 Å². The van der Waals surface area contributed by atoms with Crippen LogP contribution in [0.15, 0.2) is 61.7 Å². The topological polar surface area (TPSA) is 70.2 Å². The normalized spacial score (nSPS) is 18.7. The van der Waals surface area contributed by atoms with Crippen LogP contribution in [0, 0.1) is 0 Å². The molecule has 0 aliphatic carbocycles. The third kappa shape index (κ3) is 3.72. The SMILES string of the molecule is CCCSC1=NN2C(=c3cc(Br)ccc3=N[C@H]2/C=C/c2ccco2)C(=O)N1. The number of nitrogens with zero attached hydrogens (tertiary/aromatic N) is 3. The van der Waals surface area contributed by atoms with Crippen LogP contribution in [0.5, 0.6) is 0 Å². The van der Waals surface area contributed by atoms with E-state index in [0.29, 0.717) is 10.9 Å². The lowest BCUT2D eigenvalue weighted by molar-refractivity contribution is -0.116. The van der Waals surface area contributed by atoms with Crippen LogP contribution in [0.1, 0.15) is 19.1 Å². The number of amides is 1. The van der Waals surface area contributed by atoms with E-state index in [0.717, 1.165) is 33.0 Å². The van der Waals surface area contributed by atoms with Crippen LogP contribution in [0.2, 0.25) is 0 Å². The number of halogens is 1. The molecular formula is C19H17BrN4O2S. The van der Waals surface area contributed by atoms with E-state index in [2.05, 4.69) is 33.3 Å². The van der Waals surface area contributed by atoms with Gasteiger partial charge in [-0.1, -0.05) is 34.6 Å². The van der Waals surface area contributed by atoms with Crippen LogP contribution < -0.4 is 15.9 Å². The molecule has 6 nitrogen and oxygen atoms in total. The Morgan fingerprint density at radius 3 is 3.07 bits per heavy atom. The molecule has 8 heteroatoms. The summed E-state index contributed by atoms with van der Waals surface area (Å²) in [4.78, 5) is 17.6. The Labute approximate surface area is 168 Å². The molecule has 0 fully saturated rings. The first-order chi connectivity index (χ1) is 13.2. The Kier molecular flexibility index (Phi) is 5.18. The van der Waals surface area contributed by atoms with Crippen LogP contribution in [-0.4, -0.2) is 28.0 Å². The van der Waals surface area contributed by atoms with Crippen molar-refractivity contribution in [3.8, 4) is 0 Å². The monoisotopic (exact) mass is 444 g/mol. The lowest BCUT2D eigenvalue weighted by Crippen LogP contribution is -2.52. The van der Waals surface area contributed by atoms with Gasteiger partial charge in [0, 0.05) is 15.4 Å². The fourth-order valence-corrected chi connectivity index (χ4v) is 3.90. The fraction of sp³-hybridized carbons (Fsp3) is 0.211. The highest BCUT2D eigenvalue weighted by atomic mass is 79.9. The van der Waals surface area contributed by atoms with Crippen molar-refractivity contribution < 1.29 is 9.21 Å². The summed E-state index contributed by atoms with van der Waals surface area (Å²) in [5, 5.41) is 11.3. The molecule has 2 aliphatic heterocycles. The van der Waals surface area contributed by atoms with Crippen LogP contribution >= 0.6 is 27.7 Å². The summed E-state index contributed by atoms with van der Waals surface area (Å²) in [7, 11) is 0. The number of rotatable bonds is 4. The van der Waals surface area contributed by atoms with E-state index in [1.165, 1.54) is 11.8 Å². The molecule has 0 radical (unpaired) electrons. The molecule has 138 valence electrons. The highest BCUT2D eigenvalue weighted by molar-refractivity contribution is 9.10. The predicted molar refractivity (Wildman–Crippen MR) is 110 cm³/mol. The zero-order valence-corrected chi connectivity index (χ0v) is 17.0. The molecule has 0 saturated carbocycles. The first kappa shape index (κ1) is 18.1. The van der Waals surface area contributed by atoms with Gasteiger partial charge in [0.05, 0.1) is 11.6 Å². The molecule has 1 amide bonds. The second-order valence-corrected chi connectivity index (χ2v) is 7.98. The number of hydrazone groups is 1. The van der Waals surface area contributed by atoms with Gasteiger partial charge in [0.15, 0.2) is 11.3 Å². The Morgan fingerprint density at radius 2 is 2.30 bits per heavy atom. The molecule has 2 aliphatic rings. The van der Waals surface area contributed by atoms with Gasteiger partial charge in [-0.3, -0.25) is 15.1 Å². The zero-order chi connectivity index (χ0) is 18.8. The van der Waals surface area contributed by atoms with Crippen molar-refractivity contribution in [1.82, 2.24) is 10.3 Å². The van der Waals surface area contributed by atoms with Crippen molar-refractivity contribution in [3.05, 3.63) is 63.5 Å². The number of benzene rings is 1. The van der Waals surface area contributed by atoms with E-state index in [1.54, 1.807) is 11.3 Å². The Morgan fingerprint density at radius 1 is 1.41 bits per heavy atom. The summed E-state index contributed by atoms with van der Waals surface area (Å²) >= 11 is 5.00. The second kappa shape index (κ2) is 7.74. The number of carbonyl (C=O) groups excluding carboxylic acids is 1. The number of carbonyl (C=O) groups is 1. The largest absolute Gasteiger partial charge is 0.465 e. The van der Waals surface area contributed by atoms with E-state index in [-0.39, 0.29) is 5.91 Å². The number of furan rings is 1. The third-order valence-corrected chi connectivity index (χ3v) is 5.58. The van der Waals surface area contributed by atoms with Crippen LogP contribution in [-0.2, 0) is 4.79 Å². The maximum atomic E-state index is 12.9. The first-order valence-electron chi connectivity index (χ1n) is 8.57. The summed E-state index contributed by atoms with van der Waals surface area (Å²) in [6.45, 7) is 2.09. The number of amidine groups is 1. The van der Waals surface area contributed by atoms with Crippen molar-refractivity contribution in [1.29, 1.82) is 0 Å². The van der Waals surface area contributed by atoms with Gasteiger partial charge < -0.3 is 4.42 Å². The number of hydrogen-bond donors (Lipinski definition) is 1. The second-order valence-electron chi connectivity index (χ2n) is 5.98. The highest BCUT2D eigenvalue weighted by Gasteiger charge is 2.32. The molecule has 0 spiro atoms. The quantitative estimate of drug-likeness (QED) is 0.786. The van der Waals surface area contributed by atoms with Gasteiger partial charge in [-0.15, -0.1) is 5.10 Å². The van der Waals surface area contributed by atoms with Gasteiger partial charge in [0.2, 0.25) is 0 Å².